The van der Waals surface area contributed by atoms with Crippen molar-refractivity contribution in [2.45, 2.75) is 90.5 Å². The first-order chi connectivity index (χ1) is 27.8. The number of hydrogen-bond donors (Lipinski definition) is 2. The first-order valence-corrected chi connectivity index (χ1v) is 33.4. The summed E-state index contributed by atoms with van der Waals surface area (Å²) in [5, 5.41) is 11.7. The Morgan fingerprint density at radius 2 is 1.29 bits per heavy atom. The fraction of sp³-hybridized carbons (Fsp3) is 0.500. The van der Waals surface area contributed by atoms with E-state index in [1.807, 2.05) is 47.3 Å². The Morgan fingerprint density at radius 3 is 1.85 bits per heavy atom. The van der Waals surface area contributed by atoms with Gasteiger partial charge in [-0.3, -0.25) is 9.67 Å². The third-order valence-electron chi connectivity index (χ3n) is 8.91. The monoisotopic (exact) mass is 1110 g/mol. The SMILES string of the molecule is COc1ccc2nc(-c3[nH]ncc3I)[nH]c2c1.COc1ccc2nc(-c3nn(COCC[Si](C)(C)C)cc3I)n(COCC[Si](C)(C)C)c2c1.C[Si](C)(C)CCOCCl. The van der Waals surface area contributed by atoms with Crippen molar-refractivity contribution in [2.24, 2.45) is 0 Å². The van der Waals surface area contributed by atoms with E-state index >= 15 is 0 Å². The van der Waals surface area contributed by atoms with Crippen LogP contribution in [0.2, 0.25) is 77.1 Å². The van der Waals surface area contributed by atoms with Gasteiger partial charge in [-0.25, -0.2) is 14.6 Å². The third kappa shape index (κ3) is 16.1. The van der Waals surface area contributed by atoms with Gasteiger partial charge in [-0.1, -0.05) is 70.5 Å². The first kappa shape index (κ1) is 49.3. The van der Waals surface area contributed by atoms with E-state index in [4.69, 9.17) is 45.4 Å². The molecule has 0 atom stereocenters. The molecule has 0 bridgehead atoms. The molecule has 4 heterocycles. The minimum Gasteiger partial charge on any atom is -0.497 e. The van der Waals surface area contributed by atoms with E-state index in [0.29, 0.717) is 19.5 Å². The highest BCUT2D eigenvalue weighted by Gasteiger charge is 2.21. The number of hydrogen-bond acceptors (Lipinski definition) is 9. The zero-order chi connectivity index (χ0) is 43.4. The molecule has 0 radical (unpaired) electrons. The van der Waals surface area contributed by atoms with Crippen molar-refractivity contribution in [3.63, 3.8) is 0 Å². The lowest BCUT2D eigenvalue weighted by Crippen LogP contribution is -2.22. The Balaban J connectivity index is 0.000000243. The second kappa shape index (κ2) is 22.7. The van der Waals surface area contributed by atoms with Gasteiger partial charge in [-0.2, -0.15) is 10.2 Å². The molecule has 0 unspecified atom stereocenters. The summed E-state index contributed by atoms with van der Waals surface area (Å²) in [6.45, 7) is 24.4. The van der Waals surface area contributed by atoms with Crippen LogP contribution in [0.3, 0.4) is 0 Å². The molecule has 0 aliphatic rings. The zero-order valence-corrected chi connectivity index (χ0v) is 44.4. The van der Waals surface area contributed by atoms with Crippen LogP contribution in [-0.2, 0) is 27.7 Å². The summed E-state index contributed by atoms with van der Waals surface area (Å²) in [6, 6.07) is 15.5. The van der Waals surface area contributed by atoms with E-state index in [2.05, 4.69) is 129 Å². The van der Waals surface area contributed by atoms with Crippen LogP contribution in [0.1, 0.15) is 0 Å². The van der Waals surface area contributed by atoms with E-state index < -0.39 is 24.2 Å². The maximum atomic E-state index is 6.11. The smallest absolute Gasteiger partial charge is 0.164 e. The fourth-order valence-corrected chi connectivity index (χ4v) is 8.90. The quantitative estimate of drug-likeness (QED) is 0.0373. The molecular formula is C40H61ClI2N8O5Si3. The van der Waals surface area contributed by atoms with Gasteiger partial charge in [0.15, 0.2) is 11.6 Å². The maximum Gasteiger partial charge on any atom is 0.164 e. The van der Waals surface area contributed by atoms with E-state index in [1.54, 1.807) is 20.4 Å². The molecule has 4 aromatic heterocycles. The van der Waals surface area contributed by atoms with Crippen LogP contribution in [0.25, 0.3) is 45.1 Å². The second-order valence-electron chi connectivity index (χ2n) is 17.7. The van der Waals surface area contributed by atoms with Crippen molar-refractivity contribution in [3.8, 4) is 34.5 Å². The molecular weight excluding hydrogens is 1050 g/mol. The van der Waals surface area contributed by atoms with Crippen molar-refractivity contribution in [1.29, 1.82) is 0 Å². The highest BCUT2D eigenvalue weighted by Crippen LogP contribution is 2.30. The van der Waals surface area contributed by atoms with Gasteiger partial charge >= 0.3 is 0 Å². The van der Waals surface area contributed by atoms with Gasteiger partial charge in [0, 0.05) is 62.4 Å². The van der Waals surface area contributed by atoms with Crippen LogP contribution in [0, 0.1) is 7.14 Å². The topological polar surface area (TPSA) is 139 Å². The Bertz CT molecular complexity index is 2210. The number of aromatic nitrogens is 8. The molecule has 0 aliphatic carbocycles. The van der Waals surface area contributed by atoms with Gasteiger partial charge in [-0.15, -0.1) is 0 Å². The summed E-state index contributed by atoms with van der Waals surface area (Å²) in [5.41, 5.74) is 5.48. The lowest BCUT2D eigenvalue weighted by atomic mass is 10.3. The molecule has 0 spiro atoms. The van der Waals surface area contributed by atoms with Gasteiger partial charge in [-0.05, 0) is 87.6 Å². The molecule has 0 saturated heterocycles. The third-order valence-corrected chi connectivity index (χ3v) is 15.8. The van der Waals surface area contributed by atoms with Crippen molar-refractivity contribution >= 4 is 103 Å². The standard InChI is InChI=1S/C23H37IN4O3Si2.C11H9IN4O.C6H15ClOSi/c1-29-18-8-9-20-21(14-18)28(17-31-11-13-33(5,6)7)23(25-20)22-19(24)15-27(26-22)16-30-10-12-32(2,3)4;1-17-6-2-3-8-9(4-6)15-11(14-8)10-7(12)5-13-16-10;1-9(2,3)5-4-8-6-7/h8-9,14-15H,10-13,16-17H2,1-7H3;2-5H,1H3,(H,13,16)(H,14,15);4-6H2,1-3H3. The summed E-state index contributed by atoms with van der Waals surface area (Å²) in [6.07, 6.45) is 3.78. The van der Waals surface area contributed by atoms with Crippen LogP contribution >= 0.6 is 56.8 Å². The number of aromatic amines is 2. The number of rotatable bonds is 18. The van der Waals surface area contributed by atoms with Crippen LogP contribution in [0.15, 0.2) is 48.8 Å². The van der Waals surface area contributed by atoms with E-state index in [-0.39, 0.29) is 0 Å². The van der Waals surface area contributed by atoms with Gasteiger partial charge in [0.05, 0.1) is 49.6 Å². The average Bonchev–Trinajstić information content (AvgIpc) is 3.95. The maximum absolute atomic E-state index is 6.11. The highest BCUT2D eigenvalue weighted by atomic mass is 127. The number of H-pyrrole nitrogens is 2. The minimum atomic E-state index is -1.16. The highest BCUT2D eigenvalue weighted by molar-refractivity contribution is 14.1. The molecule has 59 heavy (non-hydrogen) atoms. The molecule has 19 heteroatoms. The molecule has 324 valence electrons. The van der Waals surface area contributed by atoms with Gasteiger partial charge in [0.25, 0.3) is 0 Å². The molecule has 6 aromatic rings. The number of benzene rings is 2. The van der Waals surface area contributed by atoms with E-state index in [1.165, 1.54) is 6.04 Å². The van der Waals surface area contributed by atoms with Crippen LogP contribution < -0.4 is 9.47 Å². The Hall–Kier alpha value is -2.32. The normalized spacial score (nSPS) is 12.0. The Kier molecular flexibility index (Phi) is 19.0. The summed E-state index contributed by atoms with van der Waals surface area (Å²) in [5.74, 6) is 3.20. The lowest BCUT2D eigenvalue weighted by Gasteiger charge is -2.16. The minimum absolute atomic E-state index is 0.338. The van der Waals surface area contributed by atoms with Crippen molar-refractivity contribution in [1.82, 2.24) is 39.5 Å². The number of halogens is 3. The molecule has 13 nitrogen and oxygen atoms in total. The van der Waals surface area contributed by atoms with Crippen LogP contribution in [0.5, 0.6) is 11.5 Å². The largest absolute Gasteiger partial charge is 0.497 e. The van der Waals surface area contributed by atoms with Crippen molar-refractivity contribution < 1.29 is 23.7 Å². The molecule has 6 rings (SSSR count). The van der Waals surface area contributed by atoms with E-state index in [0.717, 1.165) is 95.7 Å². The van der Waals surface area contributed by atoms with Crippen LogP contribution in [-0.4, -0.2) is 104 Å². The number of nitrogens with zero attached hydrogens (tertiary/aromatic N) is 6. The fourth-order valence-electron chi connectivity index (χ4n) is 5.33. The molecule has 0 aliphatic heterocycles. The Morgan fingerprint density at radius 1 is 0.712 bits per heavy atom. The number of fused-ring (bicyclic) bond motifs is 2. The lowest BCUT2D eigenvalue weighted by molar-refractivity contribution is 0.0785. The summed E-state index contributed by atoms with van der Waals surface area (Å²) in [7, 11) is 0.187. The number of methoxy groups -OCH3 is 2. The second-order valence-corrected chi connectivity index (χ2v) is 37.1. The van der Waals surface area contributed by atoms with Crippen LogP contribution in [0.4, 0.5) is 0 Å². The number of imidazole rings is 2. The summed E-state index contributed by atoms with van der Waals surface area (Å²) >= 11 is 9.87. The van der Waals surface area contributed by atoms with Crippen molar-refractivity contribution in [3.05, 3.63) is 55.9 Å². The predicted octanol–water partition coefficient (Wildman–Crippen LogP) is 11.2. The number of nitrogens with one attached hydrogen (secondary N) is 2. The number of ether oxygens (including phenoxy) is 5. The van der Waals surface area contributed by atoms with Gasteiger partial charge < -0.3 is 28.7 Å². The number of alkyl halides is 1. The average molecular weight is 1110 g/mol. The molecule has 2 N–H and O–H groups in total. The van der Waals surface area contributed by atoms with Gasteiger partial charge in [0.2, 0.25) is 0 Å². The summed E-state index contributed by atoms with van der Waals surface area (Å²) < 4.78 is 33.7. The molecule has 0 fully saturated rings. The predicted molar refractivity (Wildman–Crippen MR) is 266 cm³/mol. The Labute approximate surface area is 384 Å². The van der Waals surface area contributed by atoms with E-state index in [9.17, 15) is 0 Å². The van der Waals surface area contributed by atoms with Gasteiger partial charge in [0.1, 0.15) is 42.4 Å². The molecule has 2 aromatic carbocycles. The summed E-state index contributed by atoms with van der Waals surface area (Å²) in [4.78, 5) is 12.7. The zero-order valence-electron chi connectivity index (χ0n) is 36.3. The molecule has 0 saturated carbocycles. The first-order valence-electron chi connectivity index (χ1n) is 19.6. The molecule has 0 amide bonds. The van der Waals surface area contributed by atoms with Crippen molar-refractivity contribution in [2.75, 3.05) is 40.1 Å².